The molecule has 6 heteroatoms. The van der Waals surface area contributed by atoms with Gasteiger partial charge in [-0.05, 0) is 30.3 Å². The highest BCUT2D eigenvalue weighted by atomic mass is 16.5. The number of nitrogens with zero attached hydrogens (tertiary/aromatic N) is 2. The highest BCUT2D eigenvalue weighted by molar-refractivity contribution is 6.06. The zero-order valence-corrected chi connectivity index (χ0v) is 13.2. The lowest BCUT2D eigenvalue weighted by atomic mass is 10.1. The third-order valence-electron chi connectivity index (χ3n) is 3.86. The summed E-state index contributed by atoms with van der Waals surface area (Å²) in [5.74, 6) is 0.431. The monoisotopic (exact) mass is 311 g/mol. The van der Waals surface area contributed by atoms with Crippen LogP contribution in [0.2, 0.25) is 0 Å². The molecule has 118 valence electrons. The summed E-state index contributed by atoms with van der Waals surface area (Å²) in [6.45, 7) is 0. The molecular weight excluding hydrogens is 294 g/mol. The fourth-order valence-electron chi connectivity index (χ4n) is 2.55. The Morgan fingerprint density at radius 2 is 1.78 bits per heavy atom. The van der Waals surface area contributed by atoms with Crippen molar-refractivity contribution in [2.45, 2.75) is 0 Å². The van der Waals surface area contributed by atoms with Crippen LogP contribution >= 0.6 is 0 Å². The fourth-order valence-corrected chi connectivity index (χ4v) is 2.55. The van der Waals surface area contributed by atoms with Crippen molar-refractivity contribution in [2.75, 3.05) is 12.4 Å². The fraction of sp³-hybridized carbons (Fsp3) is 0.176. The summed E-state index contributed by atoms with van der Waals surface area (Å²) >= 11 is 0. The predicted molar refractivity (Wildman–Crippen MR) is 89.1 cm³/mol. The number of amides is 1. The average Bonchev–Trinajstić information content (AvgIpc) is 2.79. The maximum absolute atomic E-state index is 12.4. The molecule has 0 spiro atoms. The maximum atomic E-state index is 12.4. The number of ether oxygens (including phenoxy) is 1. The van der Waals surface area contributed by atoms with Gasteiger partial charge in [0, 0.05) is 31.4 Å². The quantitative estimate of drug-likeness (QED) is 0.806. The molecule has 0 radical (unpaired) electrons. The van der Waals surface area contributed by atoms with E-state index in [-0.39, 0.29) is 11.6 Å². The summed E-state index contributed by atoms with van der Waals surface area (Å²) in [6, 6.07) is 12.3. The number of carbonyl (C=O) groups excluding carboxylic acids is 1. The molecule has 0 atom stereocenters. The van der Waals surface area contributed by atoms with Gasteiger partial charge in [-0.25, -0.2) is 4.79 Å². The number of benzene rings is 2. The van der Waals surface area contributed by atoms with Gasteiger partial charge in [-0.2, -0.15) is 0 Å². The van der Waals surface area contributed by atoms with E-state index < -0.39 is 0 Å². The summed E-state index contributed by atoms with van der Waals surface area (Å²) in [7, 11) is 4.97. The molecule has 3 aromatic rings. The van der Waals surface area contributed by atoms with Gasteiger partial charge >= 0.3 is 5.69 Å². The van der Waals surface area contributed by atoms with E-state index in [1.165, 1.54) is 4.57 Å². The van der Waals surface area contributed by atoms with Gasteiger partial charge in [0.05, 0.1) is 18.1 Å². The number of rotatable bonds is 3. The van der Waals surface area contributed by atoms with E-state index in [9.17, 15) is 9.59 Å². The van der Waals surface area contributed by atoms with Crippen LogP contribution in [0.1, 0.15) is 10.4 Å². The van der Waals surface area contributed by atoms with E-state index >= 15 is 0 Å². The summed E-state index contributed by atoms with van der Waals surface area (Å²) < 4.78 is 8.22. The van der Waals surface area contributed by atoms with Crippen molar-refractivity contribution in [2.24, 2.45) is 14.1 Å². The first kappa shape index (κ1) is 14.9. The summed E-state index contributed by atoms with van der Waals surface area (Å²) in [5, 5.41) is 2.83. The Kier molecular flexibility index (Phi) is 3.65. The molecule has 0 aliphatic carbocycles. The molecule has 6 nitrogen and oxygen atoms in total. The van der Waals surface area contributed by atoms with E-state index in [0.29, 0.717) is 17.0 Å². The molecule has 0 aliphatic rings. The minimum atomic E-state index is -0.239. The van der Waals surface area contributed by atoms with Crippen molar-refractivity contribution < 1.29 is 9.53 Å². The van der Waals surface area contributed by atoms with Gasteiger partial charge in [-0.15, -0.1) is 0 Å². The zero-order valence-electron chi connectivity index (χ0n) is 13.2. The van der Waals surface area contributed by atoms with Crippen LogP contribution in [0.5, 0.6) is 5.75 Å². The Bertz CT molecular complexity index is 953. The third kappa shape index (κ3) is 2.59. The van der Waals surface area contributed by atoms with Crippen molar-refractivity contribution in [1.29, 1.82) is 0 Å². The molecule has 2 aromatic carbocycles. The number of fused-ring (bicyclic) bond motifs is 1. The number of methoxy groups -OCH3 is 1. The first-order valence-electron chi connectivity index (χ1n) is 7.12. The van der Waals surface area contributed by atoms with Gasteiger partial charge in [0.2, 0.25) is 0 Å². The Hall–Kier alpha value is -3.02. The highest BCUT2D eigenvalue weighted by Gasteiger charge is 2.12. The summed E-state index contributed by atoms with van der Waals surface area (Å²) in [5.41, 5.74) is 2.52. The zero-order chi connectivity index (χ0) is 16.6. The van der Waals surface area contributed by atoms with Crippen LogP contribution < -0.4 is 15.7 Å². The van der Waals surface area contributed by atoms with Gasteiger partial charge in [-0.3, -0.25) is 13.9 Å². The van der Waals surface area contributed by atoms with Gasteiger partial charge in [0.15, 0.2) is 0 Å². The van der Waals surface area contributed by atoms with Crippen LogP contribution in [-0.4, -0.2) is 22.2 Å². The Morgan fingerprint density at radius 1 is 1.04 bits per heavy atom. The lowest BCUT2D eigenvalue weighted by Crippen LogP contribution is -2.19. The molecule has 0 fully saturated rings. The average molecular weight is 311 g/mol. The molecule has 1 amide bonds. The van der Waals surface area contributed by atoms with Crippen LogP contribution in [0.4, 0.5) is 5.69 Å². The third-order valence-corrected chi connectivity index (χ3v) is 3.86. The number of carbonyl (C=O) groups is 1. The standard InChI is InChI=1S/C17H17N3O3/c1-19-14-8-7-11(9-15(14)20(2)17(19)22)16(21)18-12-5-4-6-13(10-12)23-3/h4-10H,1-3H3,(H,18,21). The molecule has 0 saturated heterocycles. The van der Waals surface area contributed by atoms with Crippen molar-refractivity contribution in [1.82, 2.24) is 9.13 Å². The van der Waals surface area contributed by atoms with E-state index in [1.807, 2.05) is 6.07 Å². The first-order valence-corrected chi connectivity index (χ1v) is 7.12. The van der Waals surface area contributed by atoms with E-state index in [4.69, 9.17) is 4.74 Å². The first-order chi connectivity index (χ1) is 11.0. The predicted octanol–water partition coefficient (Wildman–Crippen LogP) is 2.14. The number of hydrogen-bond donors (Lipinski definition) is 1. The van der Waals surface area contributed by atoms with Crippen LogP contribution in [0, 0.1) is 0 Å². The summed E-state index contributed by atoms with van der Waals surface area (Å²) in [4.78, 5) is 24.4. The van der Waals surface area contributed by atoms with Crippen LogP contribution in [0.3, 0.4) is 0 Å². The second kappa shape index (κ2) is 5.64. The lowest BCUT2D eigenvalue weighted by Gasteiger charge is -2.07. The molecule has 1 aromatic heterocycles. The Labute approximate surface area is 132 Å². The largest absolute Gasteiger partial charge is 0.497 e. The Morgan fingerprint density at radius 3 is 2.52 bits per heavy atom. The number of anilines is 1. The van der Waals surface area contributed by atoms with E-state index in [0.717, 1.165) is 11.0 Å². The van der Waals surface area contributed by atoms with Gasteiger partial charge in [0.25, 0.3) is 5.91 Å². The number of nitrogens with one attached hydrogen (secondary N) is 1. The Balaban J connectivity index is 1.94. The van der Waals surface area contributed by atoms with Crippen molar-refractivity contribution in [3.05, 3.63) is 58.5 Å². The molecule has 0 saturated carbocycles. The number of aromatic nitrogens is 2. The molecule has 0 bridgehead atoms. The number of aryl methyl sites for hydroxylation is 2. The number of hydrogen-bond acceptors (Lipinski definition) is 3. The molecule has 23 heavy (non-hydrogen) atoms. The highest BCUT2D eigenvalue weighted by Crippen LogP contribution is 2.19. The minimum Gasteiger partial charge on any atom is -0.497 e. The van der Waals surface area contributed by atoms with Crippen molar-refractivity contribution in [3.63, 3.8) is 0 Å². The topological polar surface area (TPSA) is 65.3 Å². The molecule has 3 rings (SSSR count). The molecular formula is C17H17N3O3. The SMILES string of the molecule is COc1cccc(NC(=O)c2ccc3c(c2)n(C)c(=O)n3C)c1. The molecule has 1 N–H and O–H groups in total. The maximum Gasteiger partial charge on any atom is 0.328 e. The van der Waals surface area contributed by atoms with Gasteiger partial charge in [-0.1, -0.05) is 6.07 Å². The molecule has 0 aliphatic heterocycles. The second-order valence-corrected chi connectivity index (χ2v) is 5.29. The minimum absolute atomic E-state index is 0.120. The van der Waals surface area contributed by atoms with Crippen LogP contribution in [-0.2, 0) is 14.1 Å². The van der Waals surface area contributed by atoms with Gasteiger partial charge in [0.1, 0.15) is 5.75 Å². The molecule has 1 heterocycles. The van der Waals surface area contributed by atoms with Crippen molar-refractivity contribution in [3.8, 4) is 5.75 Å². The summed E-state index contributed by atoms with van der Waals surface area (Å²) in [6.07, 6.45) is 0. The smallest absolute Gasteiger partial charge is 0.328 e. The van der Waals surface area contributed by atoms with Crippen molar-refractivity contribution >= 4 is 22.6 Å². The van der Waals surface area contributed by atoms with E-state index in [2.05, 4.69) is 5.32 Å². The molecule has 0 unspecified atom stereocenters. The van der Waals surface area contributed by atoms with Gasteiger partial charge < -0.3 is 10.1 Å². The normalized spacial score (nSPS) is 10.7. The van der Waals surface area contributed by atoms with Crippen LogP contribution in [0.15, 0.2) is 47.3 Å². The van der Waals surface area contributed by atoms with E-state index in [1.54, 1.807) is 62.2 Å². The van der Waals surface area contributed by atoms with Crippen LogP contribution in [0.25, 0.3) is 11.0 Å². The second-order valence-electron chi connectivity index (χ2n) is 5.29. The lowest BCUT2D eigenvalue weighted by molar-refractivity contribution is 0.102. The number of imidazole rings is 1.